The highest BCUT2D eigenvalue weighted by Crippen LogP contribution is 2.28. The van der Waals surface area contributed by atoms with Crippen molar-refractivity contribution in [2.24, 2.45) is 0 Å². The predicted octanol–water partition coefficient (Wildman–Crippen LogP) is 2.95. The van der Waals surface area contributed by atoms with Crippen LogP contribution in [0.25, 0.3) is 0 Å². The standard InChI is InChI=1S/C11H11BrN2O2/c1-13-6-8-7-15-11(14-8)16-10-5-3-2-4-9(10)12/h2-5,7,13H,6H2,1H3. The molecule has 2 rings (SSSR count). The molecule has 1 heterocycles. The summed E-state index contributed by atoms with van der Waals surface area (Å²) >= 11 is 3.38. The smallest absolute Gasteiger partial charge is 0.399 e. The number of nitrogens with one attached hydrogen (secondary N) is 1. The van der Waals surface area contributed by atoms with Crippen LogP contribution in [-0.4, -0.2) is 12.0 Å². The minimum atomic E-state index is 0.247. The van der Waals surface area contributed by atoms with Crippen LogP contribution in [0.5, 0.6) is 11.8 Å². The van der Waals surface area contributed by atoms with Crippen LogP contribution in [0.3, 0.4) is 0 Å². The quantitative estimate of drug-likeness (QED) is 0.937. The first kappa shape index (κ1) is 11.2. The number of hydrogen-bond acceptors (Lipinski definition) is 4. The van der Waals surface area contributed by atoms with E-state index < -0.39 is 0 Å². The molecular formula is C11H11BrN2O2. The van der Waals surface area contributed by atoms with Crippen molar-refractivity contribution in [1.29, 1.82) is 0 Å². The maximum absolute atomic E-state index is 5.48. The number of ether oxygens (including phenoxy) is 1. The van der Waals surface area contributed by atoms with Crippen LogP contribution < -0.4 is 10.1 Å². The largest absolute Gasteiger partial charge is 0.417 e. The Balaban J connectivity index is 2.11. The van der Waals surface area contributed by atoms with Crippen LogP contribution in [-0.2, 0) is 6.54 Å². The van der Waals surface area contributed by atoms with Crippen molar-refractivity contribution in [3.8, 4) is 11.8 Å². The van der Waals surface area contributed by atoms with Crippen LogP contribution in [0.2, 0.25) is 0 Å². The molecule has 0 unspecified atom stereocenters. The number of para-hydroxylation sites is 1. The molecule has 84 valence electrons. The van der Waals surface area contributed by atoms with E-state index in [0.717, 1.165) is 10.2 Å². The van der Waals surface area contributed by atoms with Gasteiger partial charge in [0.25, 0.3) is 0 Å². The SMILES string of the molecule is CNCc1coc(Oc2ccccc2Br)n1. The van der Waals surface area contributed by atoms with Gasteiger partial charge >= 0.3 is 6.08 Å². The Hall–Kier alpha value is -1.33. The zero-order valence-corrected chi connectivity index (χ0v) is 10.3. The van der Waals surface area contributed by atoms with Crippen molar-refractivity contribution in [3.05, 3.63) is 40.7 Å². The van der Waals surface area contributed by atoms with Crippen LogP contribution in [0.1, 0.15) is 5.69 Å². The van der Waals surface area contributed by atoms with Gasteiger partial charge in [0.05, 0.1) is 10.2 Å². The van der Waals surface area contributed by atoms with E-state index in [0.29, 0.717) is 12.3 Å². The van der Waals surface area contributed by atoms with E-state index in [1.54, 1.807) is 6.26 Å². The second-order valence-corrected chi connectivity index (χ2v) is 4.02. The topological polar surface area (TPSA) is 47.3 Å². The monoisotopic (exact) mass is 282 g/mol. The normalized spacial score (nSPS) is 10.4. The molecule has 0 bridgehead atoms. The van der Waals surface area contributed by atoms with Gasteiger partial charge in [-0.15, -0.1) is 0 Å². The number of hydrogen-bond donors (Lipinski definition) is 1. The van der Waals surface area contributed by atoms with Crippen LogP contribution in [0.4, 0.5) is 0 Å². The van der Waals surface area contributed by atoms with E-state index >= 15 is 0 Å². The highest BCUT2D eigenvalue weighted by atomic mass is 79.9. The predicted molar refractivity (Wildman–Crippen MR) is 63.5 cm³/mol. The minimum absolute atomic E-state index is 0.247. The van der Waals surface area contributed by atoms with Crippen LogP contribution in [0.15, 0.2) is 39.4 Å². The van der Waals surface area contributed by atoms with Crippen molar-refractivity contribution < 1.29 is 9.15 Å². The lowest BCUT2D eigenvalue weighted by Gasteiger charge is -2.01. The van der Waals surface area contributed by atoms with Gasteiger partial charge in [-0.2, -0.15) is 4.98 Å². The summed E-state index contributed by atoms with van der Waals surface area (Å²) in [7, 11) is 1.85. The lowest BCUT2D eigenvalue weighted by molar-refractivity contribution is 0.329. The molecule has 0 atom stereocenters. The number of rotatable bonds is 4. The molecule has 0 fully saturated rings. The van der Waals surface area contributed by atoms with Crippen molar-refractivity contribution >= 4 is 15.9 Å². The second-order valence-electron chi connectivity index (χ2n) is 3.17. The van der Waals surface area contributed by atoms with Crippen molar-refractivity contribution in [2.45, 2.75) is 6.54 Å². The number of nitrogens with zero attached hydrogens (tertiary/aromatic N) is 1. The molecule has 0 spiro atoms. The number of benzene rings is 1. The third-order valence-electron chi connectivity index (χ3n) is 1.92. The Morgan fingerprint density at radius 3 is 3.00 bits per heavy atom. The molecule has 0 saturated carbocycles. The van der Waals surface area contributed by atoms with Crippen molar-refractivity contribution in [1.82, 2.24) is 10.3 Å². The van der Waals surface area contributed by atoms with E-state index in [1.165, 1.54) is 0 Å². The van der Waals surface area contributed by atoms with Gasteiger partial charge < -0.3 is 14.5 Å². The fraction of sp³-hybridized carbons (Fsp3) is 0.182. The molecule has 0 aliphatic rings. The van der Waals surface area contributed by atoms with E-state index in [1.807, 2.05) is 31.3 Å². The molecule has 5 heteroatoms. The lowest BCUT2D eigenvalue weighted by Crippen LogP contribution is -2.04. The fourth-order valence-corrected chi connectivity index (χ4v) is 1.58. The molecule has 1 aromatic carbocycles. The Morgan fingerprint density at radius 1 is 1.44 bits per heavy atom. The first-order valence-electron chi connectivity index (χ1n) is 4.81. The fourth-order valence-electron chi connectivity index (χ4n) is 1.22. The summed E-state index contributed by atoms with van der Waals surface area (Å²) in [4.78, 5) is 4.16. The van der Waals surface area contributed by atoms with Gasteiger partial charge in [0.15, 0.2) is 0 Å². The summed E-state index contributed by atoms with van der Waals surface area (Å²) in [6, 6.07) is 7.54. The van der Waals surface area contributed by atoms with E-state index in [-0.39, 0.29) is 6.08 Å². The third-order valence-corrected chi connectivity index (χ3v) is 2.58. The highest BCUT2D eigenvalue weighted by molar-refractivity contribution is 9.10. The molecule has 2 aromatic rings. The minimum Gasteiger partial charge on any atom is -0.417 e. The number of oxazole rings is 1. The van der Waals surface area contributed by atoms with E-state index in [2.05, 4.69) is 26.2 Å². The Labute approximate surface area is 102 Å². The first-order chi connectivity index (χ1) is 7.79. The summed E-state index contributed by atoms with van der Waals surface area (Å²) in [6.45, 7) is 0.656. The summed E-state index contributed by atoms with van der Waals surface area (Å²) < 4.78 is 11.5. The third kappa shape index (κ3) is 2.62. The van der Waals surface area contributed by atoms with Crippen molar-refractivity contribution in [3.63, 3.8) is 0 Å². The molecule has 0 radical (unpaired) electrons. The molecule has 0 saturated heterocycles. The average Bonchev–Trinajstić information content (AvgIpc) is 2.70. The maximum Gasteiger partial charge on any atom is 0.399 e. The Bertz CT molecular complexity index is 471. The summed E-state index contributed by atoms with van der Waals surface area (Å²) in [6.07, 6.45) is 1.82. The van der Waals surface area contributed by atoms with Gasteiger partial charge in [-0.05, 0) is 35.1 Å². The van der Waals surface area contributed by atoms with Gasteiger partial charge in [0, 0.05) is 6.54 Å². The molecule has 0 aliphatic carbocycles. The molecule has 1 N–H and O–H groups in total. The van der Waals surface area contributed by atoms with Gasteiger partial charge in [0.2, 0.25) is 0 Å². The summed E-state index contributed by atoms with van der Waals surface area (Å²) in [5.74, 6) is 0.681. The number of aromatic nitrogens is 1. The molecule has 16 heavy (non-hydrogen) atoms. The molecule has 0 aliphatic heterocycles. The summed E-state index contributed by atoms with van der Waals surface area (Å²) in [5, 5.41) is 2.99. The molecule has 4 nitrogen and oxygen atoms in total. The van der Waals surface area contributed by atoms with Gasteiger partial charge in [0.1, 0.15) is 12.0 Å². The maximum atomic E-state index is 5.48. The zero-order chi connectivity index (χ0) is 11.4. The first-order valence-corrected chi connectivity index (χ1v) is 5.60. The molecule has 0 amide bonds. The van der Waals surface area contributed by atoms with E-state index in [9.17, 15) is 0 Å². The van der Waals surface area contributed by atoms with Crippen LogP contribution in [0, 0.1) is 0 Å². The van der Waals surface area contributed by atoms with Crippen LogP contribution >= 0.6 is 15.9 Å². The average molecular weight is 283 g/mol. The molecule has 1 aromatic heterocycles. The van der Waals surface area contributed by atoms with Gasteiger partial charge in [-0.25, -0.2) is 0 Å². The Kier molecular flexibility index (Phi) is 3.58. The highest BCUT2D eigenvalue weighted by Gasteiger charge is 2.07. The molecular weight excluding hydrogens is 272 g/mol. The van der Waals surface area contributed by atoms with Crippen molar-refractivity contribution in [2.75, 3.05) is 7.05 Å². The lowest BCUT2D eigenvalue weighted by atomic mass is 10.3. The number of halogens is 1. The second kappa shape index (κ2) is 5.14. The van der Waals surface area contributed by atoms with Gasteiger partial charge in [-0.3, -0.25) is 0 Å². The Morgan fingerprint density at radius 2 is 2.25 bits per heavy atom. The summed E-state index contributed by atoms with van der Waals surface area (Å²) in [5.41, 5.74) is 0.810. The van der Waals surface area contributed by atoms with E-state index in [4.69, 9.17) is 9.15 Å². The van der Waals surface area contributed by atoms with Gasteiger partial charge in [-0.1, -0.05) is 12.1 Å². The zero-order valence-electron chi connectivity index (χ0n) is 8.74.